The Labute approximate surface area is 161 Å². The Morgan fingerprint density at radius 3 is 2.93 bits per heavy atom. The first-order valence-corrected chi connectivity index (χ1v) is 10.1. The Morgan fingerprint density at radius 2 is 2.11 bits per heavy atom. The zero-order valence-electron chi connectivity index (χ0n) is 16.4. The molecule has 0 saturated carbocycles. The molecule has 0 N–H and O–H groups in total. The number of fused-ring (bicyclic) bond motifs is 2. The number of ether oxygens (including phenoxy) is 1. The molecule has 2 aromatic heterocycles. The minimum absolute atomic E-state index is 0.589. The summed E-state index contributed by atoms with van der Waals surface area (Å²) < 4.78 is 7.61. The summed E-state index contributed by atoms with van der Waals surface area (Å²) in [5.41, 5.74) is 5.22. The lowest BCUT2D eigenvalue weighted by atomic mass is 9.86. The number of aryl methyl sites for hydroxylation is 1. The summed E-state index contributed by atoms with van der Waals surface area (Å²) in [5, 5.41) is 4.72. The van der Waals surface area contributed by atoms with E-state index in [4.69, 9.17) is 9.84 Å². The number of methoxy groups -OCH3 is 1. The number of nitrogens with zero attached hydrogens (tertiary/aromatic N) is 3. The SMILES string of the molecule is CCCN(CCc1cc2ccccn2n1)C1CCc2cccc(OC)c2C1. The molecule has 0 fully saturated rings. The lowest BCUT2D eigenvalue weighted by molar-refractivity contribution is 0.180. The molecule has 1 aliphatic carbocycles. The molecular formula is C23H29N3O. The molecule has 1 unspecified atom stereocenters. The van der Waals surface area contributed by atoms with Gasteiger partial charge in [-0.1, -0.05) is 25.1 Å². The van der Waals surface area contributed by atoms with Gasteiger partial charge in [0.25, 0.3) is 0 Å². The van der Waals surface area contributed by atoms with Crippen LogP contribution in [0.4, 0.5) is 0 Å². The van der Waals surface area contributed by atoms with Crippen LogP contribution in [0.15, 0.2) is 48.7 Å². The summed E-state index contributed by atoms with van der Waals surface area (Å²) >= 11 is 0. The maximum Gasteiger partial charge on any atom is 0.122 e. The largest absolute Gasteiger partial charge is 0.496 e. The van der Waals surface area contributed by atoms with E-state index in [1.807, 2.05) is 16.8 Å². The molecule has 1 atom stereocenters. The van der Waals surface area contributed by atoms with Gasteiger partial charge < -0.3 is 4.74 Å². The highest BCUT2D eigenvalue weighted by Gasteiger charge is 2.26. The molecule has 142 valence electrons. The van der Waals surface area contributed by atoms with Crippen molar-refractivity contribution >= 4 is 5.52 Å². The average molecular weight is 364 g/mol. The van der Waals surface area contributed by atoms with Crippen LogP contribution in [0, 0.1) is 0 Å². The lowest BCUT2D eigenvalue weighted by Gasteiger charge is -2.35. The number of hydrogen-bond acceptors (Lipinski definition) is 3. The summed E-state index contributed by atoms with van der Waals surface area (Å²) in [7, 11) is 1.78. The molecule has 0 bridgehead atoms. The quantitative estimate of drug-likeness (QED) is 0.631. The van der Waals surface area contributed by atoms with Crippen molar-refractivity contribution in [3.63, 3.8) is 0 Å². The third-order valence-corrected chi connectivity index (χ3v) is 5.74. The molecule has 3 aromatic rings. The predicted octanol–water partition coefficient (Wildman–Crippen LogP) is 4.15. The fraction of sp³-hybridized carbons (Fsp3) is 0.435. The number of benzene rings is 1. The van der Waals surface area contributed by atoms with Gasteiger partial charge in [-0.15, -0.1) is 0 Å². The molecule has 0 saturated heterocycles. The fourth-order valence-corrected chi connectivity index (χ4v) is 4.38. The zero-order chi connectivity index (χ0) is 18.6. The van der Waals surface area contributed by atoms with Crippen LogP contribution in [0.5, 0.6) is 5.75 Å². The van der Waals surface area contributed by atoms with E-state index in [0.29, 0.717) is 6.04 Å². The summed E-state index contributed by atoms with van der Waals surface area (Å²) in [5.74, 6) is 1.05. The Morgan fingerprint density at radius 1 is 1.19 bits per heavy atom. The van der Waals surface area contributed by atoms with Gasteiger partial charge in [0, 0.05) is 25.2 Å². The van der Waals surface area contributed by atoms with Gasteiger partial charge in [0.15, 0.2) is 0 Å². The molecule has 4 nitrogen and oxygen atoms in total. The fourth-order valence-electron chi connectivity index (χ4n) is 4.38. The third kappa shape index (κ3) is 3.86. The highest BCUT2D eigenvalue weighted by molar-refractivity contribution is 5.47. The van der Waals surface area contributed by atoms with Gasteiger partial charge in [-0.2, -0.15) is 5.10 Å². The van der Waals surface area contributed by atoms with Gasteiger partial charge in [0.1, 0.15) is 5.75 Å². The third-order valence-electron chi connectivity index (χ3n) is 5.74. The topological polar surface area (TPSA) is 29.8 Å². The highest BCUT2D eigenvalue weighted by Crippen LogP contribution is 2.31. The van der Waals surface area contributed by atoms with E-state index in [9.17, 15) is 0 Å². The van der Waals surface area contributed by atoms with Crippen molar-refractivity contribution in [2.75, 3.05) is 20.2 Å². The van der Waals surface area contributed by atoms with Crippen molar-refractivity contribution in [2.45, 2.75) is 45.1 Å². The molecule has 27 heavy (non-hydrogen) atoms. The van der Waals surface area contributed by atoms with Crippen LogP contribution in [-0.2, 0) is 19.3 Å². The summed E-state index contributed by atoms with van der Waals surface area (Å²) in [6.07, 6.45) is 7.66. The van der Waals surface area contributed by atoms with Crippen molar-refractivity contribution in [1.29, 1.82) is 0 Å². The molecule has 4 heteroatoms. The van der Waals surface area contributed by atoms with Crippen molar-refractivity contribution in [3.8, 4) is 5.75 Å². The van der Waals surface area contributed by atoms with Gasteiger partial charge in [-0.3, -0.25) is 4.90 Å². The smallest absolute Gasteiger partial charge is 0.122 e. The van der Waals surface area contributed by atoms with E-state index < -0.39 is 0 Å². The van der Waals surface area contributed by atoms with Crippen LogP contribution in [0.1, 0.15) is 36.6 Å². The van der Waals surface area contributed by atoms with E-state index >= 15 is 0 Å². The van der Waals surface area contributed by atoms with Crippen LogP contribution in [0.3, 0.4) is 0 Å². The van der Waals surface area contributed by atoms with E-state index in [1.165, 1.54) is 35.2 Å². The maximum atomic E-state index is 5.63. The Hall–Kier alpha value is -2.33. The van der Waals surface area contributed by atoms with Gasteiger partial charge in [0.2, 0.25) is 0 Å². The number of aromatic nitrogens is 2. The van der Waals surface area contributed by atoms with Crippen LogP contribution < -0.4 is 4.74 Å². The zero-order valence-corrected chi connectivity index (χ0v) is 16.4. The summed E-state index contributed by atoms with van der Waals surface area (Å²) in [6, 6.07) is 15.5. The van der Waals surface area contributed by atoms with Crippen LogP contribution in [0.25, 0.3) is 5.52 Å². The number of pyridine rings is 1. The second kappa shape index (κ2) is 8.13. The Kier molecular flexibility index (Phi) is 5.44. The van der Waals surface area contributed by atoms with Gasteiger partial charge in [-0.25, -0.2) is 4.52 Å². The molecule has 2 heterocycles. The molecular weight excluding hydrogens is 334 g/mol. The van der Waals surface area contributed by atoms with Crippen molar-refractivity contribution < 1.29 is 4.74 Å². The molecule has 0 radical (unpaired) electrons. The highest BCUT2D eigenvalue weighted by atomic mass is 16.5. The maximum absolute atomic E-state index is 5.63. The molecule has 4 rings (SSSR count). The first kappa shape index (κ1) is 18.1. The van der Waals surface area contributed by atoms with Crippen LogP contribution >= 0.6 is 0 Å². The first-order chi connectivity index (χ1) is 13.3. The predicted molar refractivity (Wildman–Crippen MR) is 110 cm³/mol. The minimum Gasteiger partial charge on any atom is -0.496 e. The first-order valence-electron chi connectivity index (χ1n) is 10.1. The second-order valence-corrected chi connectivity index (χ2v) is 7.49. The van der Waals surface area contributed by atoms with Gasteiger partial charge in [0.05, 0.1) is 18.3 Å². The van der Waals surface area contributed by atoms with E-state index in [0.717, 1.165) is 38.1 Å². The minimum atomic E-state index is 0.589. The molecule has 0 aliphatic heterocycles. The monoisotopic (exact) mass is 363 g/mol. The summed E-state index contributed by atoms with van der Waals surface area (Å²) in [6.45, 7) is 4.48. The Bertz CT molecular complexity index is 854. The lowest BCUT2D eigenvalue weighted by Crippen LogP contribution is -2.41. The normalized spacial score (nSPS) is 16.6. The van der Waals surface area contributed by atoms with Gasteiger partial charge >= 0.3 is 0 Å². The molecule has 1 aromatic carbocycles. The number of hydrogen-bond donors (Lipinski definition) is 0. The van der Waals surface area contributed by atoms with Crippen molar-refractivity contribution in [3.05, 3.63) is 65.5 Å². The number of rotatable bonds is 7. The average Bonchev–Trinajstić information content (AvgIpc) is 3.13. The second-order valence-electron chi connectivity index (χ2n) is 7.49. The van der Waals surface area contributed by atoms with E-state index in [1.54, 1.807) is 7.11 Å². The van der Waals surface area contributed by atoms with E-state index in [2.05, 4.69) is 48.2 Å². The molecule has 0 amide bonds. The summed E-state index contributed by atoms with van der Waals surface area (Å²) in [4.78, 5) is 2.67. The van der Waals surface area contributed by atoms with Crippen LogP contribution in [-0.4, -0.2) is 40.8 Å². The van der Waals surface area contributed by atoms with Crippen LogP contribution in [0.2, 0.25) is 0 Å². The van der Waals surface area contributed by atoms with E-state index in [-0.39, 0.29) is 0 Å². The molecule has 0 spiro atoms. The molecule has 1 aliphatic rings. The van der Waals surface area contributed by atoms with Gasteiger partial charge in [-0.05, 0) is 67.6 Å². The van der Waals surface area contributed by atoms with Crippen molar-refractivity contribution in [2.24, 2.45) is 0 Å². The standard InChI is InChI=1S/C23H29N3O/c1-3-13-25(15-12-19-16-21-8-4-5-14-26(21)24-19)20-11-10-18-7-6-9-23(27-2)22(18)17-20/h4-9,14,16,20H,3,10-13,15,17H2,1-2H3. The Balaban J connectivity index is 1.47. The van der Waals surface area contributed by atoms with Crippen molar-refractivity contribution in [1.82, 2.24) is 14.5 Å².